The molecule has 1 amide bonds. The highest BCUT2D eigenvalue weighted by Crippen LogP contribution is 2.39. The molecular formula is C25H15F10NO3. The first kappa shape index (κ1) is 29.5. The Labute approximate surface area is 213 Å². The lowest BCUT2D eigenvalue weighted by Gasteiger charge is -2.22. The van der Waals surface area contributed by atoms with Crippen molar-refractivity contribution in [3.05, 3.63) is 94.8 Å². The number of alkyl halides is 9. The van der Waals surface area contributed by atoms with Crippen LogP contribution < -0.4 is 5.32 Å². The molecule has 0 radical (unpaired) electrons. The molecule has 1 N–H and O–H groups in total. The third-order valence-electron chi connectivity index (χ3n) is 5.22. The van der Waals surface area contributed by atoms with E-state index in [0.717, 1.165) is 42.5 Å². The van der Waals surface area contributed by atoms with Crippen molar-refractivity contribution in [1.82, 2.24) is 5.32 Å². The molecule has 0 spiro atoms. The number of carbonyl (C=O) groups excluding carboxylic acids is 2. The van der Waals surface area contributed by atoms with E-state index in [1.807, 2.05) is 0 Å². The van der Waals surface area contributed by atoms with Crippen molar-refractivity contribution < 1.29 is 58.2 Å². The first-order chi connectivity index (χ1) is 18.0. The van der Waals surface area contributed by atoms with Crippen LogP contribution in [0.15, 0.2) is 66.7 Å². The molecule has 39 heavy (non-hydrogen) atoms. The van der Waals surface area contributed by atoms with Crippen molar-refractivity contribution in [1.29, 1.82) is 0 Å². The van der Waals surface area contributed by atoms with Gasteiger partial charge < -0.3 is 10.1 Å². The molecule has 3 aromatic rings. The second-order valence-electron chi connectivity index (χ2n) is 7.96. The molecule has 0 bridgehead atoms. The molecule has 1 atom stereocenters. The van der Waals surface area contributed by atoms with Crippen molar-refractivity contribution in [3.63, 3.8) is 0 Å². The maximum atomic E-state index is 13.7. The quantitative estimate of drug-likeness (QED) is 0.257. The summed E-state index contributed by atoms with van der Waals surface area (Å²) in [5.74, 6) is -4.20. The van der Waals surface area contributed by atoms with Crippen LogP contribution in [0.2, 0.25) is 0 Å². The molecule has 0 aliphatic rings. The fraction of sp³-hybridized carbons (Fsp3) is 0.200. The van der Waals surface area contributed by atoms with Gasteiger partial charge in [0.25, 0.3) is 5.91 Å². The van der Waals surface area contributed by atoms with E-state index in [2.05, 4.69) is 4.74 Å². The summed E-state index contributed by atoms with van der Waals surface area (Å²) in [6, 6.07) is 8.38. The summed E-state index contributed by atoms with van der Waals surface area (Å²) in [6.07, 6.45) is -18.3. The third kappa shape index (κ3) is 7.27. The van der Waals surface area contributed by atoms with Gasteiger partial charge in [0.1, 0.15) is 5.82 Å². The first-order valence-electron chi connectivity index (χ1n) is 10.7. The van der Waals surface area contributed by atoms with E-state index in [0.29, 0.717) is 18.2 Å². The van der Waals surface area contributed by atoms with Gasteiger partial charge in [0.15, 0.2) is 0 Å². The maximum absolute atomic E-state index is 13.7. The van der Waals surface area contributed by atoms with E-state index in [1.165, 1.54) is 0 Å². The predicted molar refractivity (Wildman–Crippen MR) is 116 cm³/mol. The van der Waals surface area contributed by atoms with Gasteiger partial charge in [0.2, 0.25) is 6.10 Å². The largest absolute Gasteiger partial charge is 0.447 e. The molecule has 0 saturated carbocycles. The van der Waals surface area contributed by atoms with Gasteiger partial charge in [0.05, 0.1) is 23.2 Å². The molecular weight excluding hydrogens is 552 g/mol. The Morgan fingerprint density at radius 1 is 0.795 bits per heavy atom. The minimum Gasteiger partial charge on any atom is -0.447 e. The molecule has 0 aliphatic heterocycles. The normalized spacial score (nSPS) is 13.1. The van der Waals surface area contributed by atoms with Crippen LogP contribution in [0.3, 0.4) is 0 Å². The number of ether oxygens (including phenoxy) is 1. The summed E-state index contributed by atoms with van der Waals surface area (Å²) in [4.78, 5) is 24.9. The number of esters is 1. The van der Waals surface area contributed by atoms with Gasteiger partial charge in [-0.1, -0.05) is 24.3 Å². The molecule has 0 aromatic heterocycles. The minimum absolute atomic E-state index is 0.266. The number of rotatable bonds is 6. The van der Waals surface area contributed by atoms with E-state index >= 15 is 0 Å². The summed E-state index contributed by atoms with van der Waals surface area (Å²) in [6.45, 7) is -1.49. The van der Waals surface area contributed by atoms with Crippen molar-refractivity contribution in [3.8, 4) is 11.1 Å². The lowest BCUT2D eigenvalue weighted by molar-refractivity contribution is -0.202. The molecule has 208 valence electrons. The van der Waals surface area contributed by atoms with Crippen LogP contribution in [-0.4, -0.2) is 30.7 Å². The SMILES string of the molecule is O=C(OC(CNC(=O)c1cccc(C(F)(F)F)c1-c1cccc(F)c1)C(F)(F)F)c1cccc(C(F)(F)F)c1. The zero-order valence-corrected chi connectivity index (χ0v) is 19.1. The topological polar surface area (TPSA) is 55.4 Å². The Morgan fingerprint density at radius 3 is 2.03 bits per heavy atom. The fourth-order valence-corrected chi connectivity index (χ4v) is 3.46. The van der Waals surface area contributed by atoms with Gasteiger partial charge in [-0.15, -0.1) is 0 Å². The molecule has 0 heterocycles. The number of benzene rings is 3. The van der Waals surface area contributed by atoms with Crippen LogP contribution in [0, 0.1) is 5.82 Å². The van der Waals surface area contributed by atoms with Crippen LogP contribution in [0.25, 0.3) is 11.1 Å². The van der Waals surface area contributed by atoms with E-state index in [4.69, 9.17) is 0 Å². The standard InChI is InChI=1S/C25H15F10NO3/c26-16-7-2-4-13(11-16)20-17(8-3-9-18(20)24(30,31)32)21(37)36-12-19(25(33,34)35)39-22(38)14-5-1-6-15(10-14)23(27,28)29/h1-11,19H,12H2,(H,36,37). The zero-order chi connectivity index (χ0) is 29.2. The summed E-state index contributed by atoms with van der Waals surface area (Å²) in [7, 11) is 0. The van der Waals surface area contributed by atoms with Gasteiger partial charge in [-0.25, -0.2) is 9.18 Å². The Balaban J connectivity index is 1.89. The second kappa shape index (κ2) is 10.9. The van der Waals surface area contributed by atoms with Crippen molar-refractivity contribution in [2.75, 3.05) is 6.54 Å². The number of carbonyl (C=O) groups is 2. The third-order valence-corrected chi connectivity index (χ3v) is 5.22. The monoisotopic (exact) mass is 567 g/mol. The molecule has 4 nitrogen and oxygen atoms in total. The number of hydrogen-bond donors (Lipinski definition) is 1. The smallest absolute Gasteiger partial charge is 0.427 e. The molecule has 0 aliphatic carbocycles. The second-order valence-corrected chi connectivity index (χ2v) is 7.96. The van der Waals surface area contributed by atoms with Crippen molar-refractivity contribution in [2.24, 2.45) is 0 Å². The average molecular weight is 567 g/mol. The Bertz CT molecular complexity index is 1360. The summed E-state index contributed by atoms with van der Waals surface area (Å²) in [5, 5.41) is 1.72. The highest BCUT2D eigenvalue weighted by molar-refractivity contribution is 6.02. The van der Waals surface area contributed by atoms with Crippen molar-refractivity contribution in [2.45, 2.75) is 24.6 Å². The number of hydrogen-bond acceptors (Lipinski definition) is 3. The lowest BCUT2D eigenvalue weighted by Crippen LogP contribution is -2.44. The van der Waals surface area contributed by atoms with Gasteiger partial charge >= 0.3 is 24.5 Å². The van der Waals surface area contributed by atoms with E-state index in [1.54, 1.807) is 5.32 Å². The molecule has 14 heteroatoms. The molecule has 3 aromatic carbocycles. The average Bonchev–Trinajstić information content (AvgIpc) is 2.84. The molecule has 0 fully saturated rings. The van der Waals surface area contributed by atoms with E-state index in [9.17, 15) is 53.5 Å². The highest BCUT2D eigenvalue weighted by atomic mass is 19.4. The lowest BCUT2D eigenvalue weighted by atomic mass is 9.93. The van der Waals surface area contributed by atoms with Crippen LogP contribution in [0.5, 0.6) is 0 Å². The number of halogens is 10. The van der Waals surface area contributed by atoms with Gasteiger partial charge in [-0.2, -0.15) is 39.5 Å². The Morgan fingerprint density at radius 2 is 1.44 bits per heavy atom. The summed E-state index contributed by atoms with van der Waals surface area (Å²) >= 11 is 0. The Kier molecular flexibility index (Phi) is 8.27. The first-order valence-corrected chi connectivity index (χ1v) is 10.7. The van der Waals surface area contributed by atoms with Crippen LogP contribution in [-0.2, 0) is 17.1 Å². The van der Waals surface area contributed by atoms with E-state index < -0.39 is 82.3 Å². The van der Waals surface area contributed by atoms with Crippen LogP contribution >= 0.6 is 0 Å². The minimum atomic E-state index is -5.33. The summed E-state index contributed by atoms with van der Waals surface area (Å²) in [5.41, 5.74) is -5.53. The highest BCUT2D eigenvalue weighted by Gasteiger charge is 2.44. The van der Waals surface area contributed by atoms with Gasteiger partial charge in [0, 0.05) is 11.1 Å². The fourth-order valence-electron chi connectivity index (χ4n) is 3.46. The van der Waals surface area contributed by atoms with E-state index in [-0.39, 0.29) is 6.07 Å². The number of amides is 1. The Hall–Kier alpha value is -4.10. The van der Waals surface area contributed by atoms with Crippen LogP contribution in [0.1, 0.15) is 31.8 Å². The zero-order valence-electron chi connectivity index (χ0n) is 19.1. The van der Waals surface area contributed by atoms with Gasteiger partial charge in [-0.05, 0) is 48.0 Å². The maximum Gasteiger partial charge on any atom is 0.427 e. The predicted octanol–water partition coefficient (Wildman–Crippen LogP) is 7.05. The number of nitrogens with one attached hydrogen (secondary N) is 1. The molecule has 0 saturated heterocycles. The van der Waals surface area contributed by atoms with Crippen LogP contribution in [0.4, 0.5) is 43.9 Å². The summed E-state index contributed by atoms with van der Waals surface area (Å²) < 4.78 is 138. The van der Waals surface area contributed by atoms with Crippen molar-refractivity contribution >= 4 is 11.9 Å². The molecule has 3 rings (SSSR count). The molecule has 1 unspecified atom stereocenters. The van der Waals surface area contributed by atoms with Gasteiger partial charge in [-0.3, -0.25) is 4.79 Å².